The van der Waals surface area contributed by atoms with Crippen LogP contribution in [-0.4, -0.2) is 10.9 Å². The van der Waals surface area contributed by atoms with Crippen LogP contribution >= 0.6 is 11.8 Å². The van der Waals surface area contributed by atoms with Crippen LogP contribution in [0.5, 0.6) is 0 Å². The Kier molecular flexibility index (Phi) is 5.06. The highest BCUT2D eigenvalue weighted by Crippen LogP contribution is 2.50. The second kappa shape index (κ2) is 8.17. The van der Waals surface area contributed by atoms with Crippen molar-refractivity contribution >= 4 is 40.4 Å². The molecule has 0 spiro atoms. The molecule has 1 aliphatic heterocycles. The van der Waals surface area contributed by atoms with E-state index in [1.165, 1.54) is 15.9 Å². The van der Waals surface area contributed by atoms with Gasteiger partial charge in [-0.25, -0.2) is 0 Å². The number of benzene rings is 4. The van der Waals surface area contributed by atoms with Crippen molar-refractivity contribution in [2.24, 2.45) is 0 Å². The third kappa shape index (κ3) is 3.74. The zero-order valence-corrected chi connectivity index (χ0v) is 17.4. The molecule has 31 heavy (non-hydrogen) atoms. The Morgan fingerprint density at radius 2 is 1.23 bits per heavy atom. The van der Waals surface area contributed by atoms with Gasteiger partial charge in [0.25, 0.3) is 0 Å². The highest BCUT2D eigenvalue weighted by Gasteiger charge is 2.24. The van der Waals surface area contributed by atoms with E-state index in [0.717, 1.165) is 17.1 Å². The Balaban J connectivity index is 1.48. The van der Waals surface area contributed by atoms with E-state index >= 15 is 0 Å². The summed E-state index contributed by atoms with van der Waals surface area (Å²) in [5.74, 6) is -0.270. The van der Waals surface area contributed by atoms with Crippen LogP contribution in [0.25, 0.3) is 5.76 Å². The van der Waals surface area contributed by atoms with E-state index in [2.05, 4.69) is 29.2 Å². The molecule has 1 N–H and O–H groups in total. The van der Waals surface area contributed by atoms with E-state index in [-0.39, 0.29) is 11.5 Å². The smallest absolute Gasteiger partial charge is 0.189 e. The molecule has 0 unspecified atom stereocenters. The molecule has 4 aromatic rings. The molecular formula is C27H19NO2S. The zero-order chi connectivity index (χ0) is 21.2. The minimum atomic E-state index is -0.233. The lowest BCUT2D eigenvalue weighted by atomic mass is 10.1. The first kappa shape index (κ1) is 19.2. The Morgan fingerprint density at radius 3 is 1.84 bits per heavy atom. The van der Waals surface area contributed by atoms with Gasteiger partial charge in [0.1, 0.15) is 5.76 Å². The van der Waals surface area contributed by atoms with Gasteiger partial charge >= 0.3 is 0 Å². The number of hydrogen-bond donors (Lipinski definition) is 1. The lowest BCUT2D eigenvalue weighted by Crippen LogP contribution is -2.14. The van der Waals surface area contributed by atoms with Gasteiger partial charge in [-0.05, 0) is 48.5 Å². The van der Waals surface area contributed by atoms with Crippen molar-refractivity contribution in [1.82, 2.24) is 0 Å². The first-order valence-corrected chi connectivity index (χ1v) is 10.8. The molecule has 0 atom stereocenters. The summed E-state index contributed by atoms with van der Waals surface area (Å²) in [6, 6.07) is 33.2. The van der Waals surface area contributed by atoms with E-state index in [1.54, 1.807) is 36.0 Å². The number of aliphatic hydroxyl groups is 1. The molecule has 0 aromatic heterocycles. The predicted octanol–water partition coefficient (Wildman–Crippen LogP) is 7.40. The topological polar surface area (TPSA) is 40.5 Å². The van der Waals surface area contributed by atoms with E-state index < -0.39 is 0 Å². The van der Waals surface area contributed by atoms with Gasteiger partial charge < -0.3 is 10.0 Å². The van der Waals surface area contributed by atoms with Gasteiger partial charge in [-0.2, -0.15) is 0 Å². The summed E-state index contributed by atoms with van der Waals surface area (Å²) in [6.45, 7) is 0. The molecule has 4 aromatic carbocycles. The van der Waals surface area contributed by atoms with Crippen molar-refractivity contribution in [3.05, 3.63) is 120 Å². The lowest BCUT2D eigenvalue weighted by molar-refractivity contribution is 0.104. The molecule has 0 radical (unpaired) electrons. The number of allylic oxidation sites excluding steroid dienone is 1. The van der Waals surface area contributed by atoms with Crippen molar-refractivity contribution in [3.8, 4) is 0 Å². The van der Waals surface area contributed by atoms with Gasteiger partial charge in [-0.1, -0.05) is 66.4 Å². The number of fused-ring (bicyclic) bond motifs is 2. The van der Waals surface area contributed by atoms with Gasteiger partial charge in [-0.15, -0.1) is 0 Å². The molecular weight excluding hydrogens is 402 g/mol. The molecule has 0 bridgehead atoms. The quantitative estimate of drug-likeness (QED) is 0.186. The Bertz CT molecular complexity index is 1230. The second-order valence-corrected chi connectivity index (χ2v) is 8.26. The van der Waals surface area contributed by atoms with Crippen LogP contribution in [-0.2, 0) is 0 Å². The number of aliphatic hydroxyl groups excluding tert-OH is 1. The maximum atomic E-state index is 12.7. The fraction of sp³-hybridized carbons (Fsp3) is 0. The molecule has 1 aliphatic rings. The fourth-order valence-corrected chi connectivity index (χ4v) is 4.72. The van der Waals surface area contributed by atoms with Crippen LogP contribution in [0.1, 0.15) is 15.9 Å². The third-order valence-corrected chi connectivity index (χ3v) is 6.31. The summed E-state index contributed by atoms with van der Waals surface area (Å²) in [6.07, 6.45) is 1.27. The minimum absolute atomic E-state index is 0.0365. The molecule has 3 nitrogen and oxygen atoms in total. The van der Waals surface area contributed by atoms with Gasteiger partial charge in [0.2, 0.25) is 0 Å². The van der Waals surface area contributed by atoms with Crippen molar-refractivity contribution in [2.45, 2.75) is 9.79 Å². The van der Waals surface area contributed by atoms with Gasteiger partial charge in [0, 0.05) is 32.7 Å². The Labute approximate surface area is 185 Å². The largest absolute Gasteiger partial charge is 0.507 e. The Morgan fingerprint density at radius 1 is 0.677 bits per heavy atom. The summed E-state index contributed by atoms with van der Waals surface area (Å²) in [7, 11) is 0. The average molecular weight is 422 g/mol. The monoisotopic (exact) mass is 421 g/mol. The maximum absolute atomic E-state index is 12.7. The van der Waals surface area contributed by atoms with Crippen LogP contribution < -0.4 is 4.90 Å². The van der Waals surface area contributed by atoms with Crippen LogP contribution in [0.3, 0.4) is 0 Å². The summed E-state index contributed by atoms with van der Waals surface area (Å²) in [5, 5.41) is 10.3. The van der Waals surface area contributed by atoms with E-state index in [4.69, 9.17) is 0 Å². The summed E-state index contributed by atoms with van der Waals surface area (Å²) in [5.41, 5.74) is 4.36. The number of carbonyl (C=O) groups excluding carboxylic acids is 1. The van der Waals surface area contributed by atoms with Gasteiger partial charge in [0.15, 0.2) is 5.78 Å². The number of hydrogen-bond acceptors (Lipinski definition) is 4. The molecule has 0 fully saturated rings. The Hall–Kier alpha value is -3.76. The van der Waals surface area contributed by atoms with Crippen molar-refractivity contribution in [2.75, 3.05) is 4.90 Å². The lowest BCUT2D eigenvalue weighted by Gasteiger charge is -2.32. The molecule has 150 valence electrons. The number of para-hydroxylation sites is 2. The van der Waals surface area contributed by atoms with E-state index in [0.29, 0.717) is 11.1 Å². The molecule has 1 heterocycles. The number of anilines is 3. The van der Waals surface area contributed by atoms with Crippen LogP contribution in [0.2, 0.25) is 0 Å². The molecule has 0 aliphatic carbocycles. The minimum Gasteiger partial charge on any atom is -0.507 e. The average Bonchev–Trinajstić information content (AvgIpc) is 2.83. The van der Waals surface area contributed by atoms with Crippen molar-refractivity contribution in [3.63, 3.8) is 0 Å². The zero-order valence-electron chi connectivity index (χ0n) is 16.6. The first-order valence-electron chi connectivity index (χ1n) is 9.97. The molecule has 0 saturated heterocycles. The second-order valence-electron chi connectivity index (χ2n) is 7.18. The SMILES string of the molecule is O=C(C=C(O)c1ccccc1)c1ccc(N2c3ccccc3Sc3ccccc32)cc1. The highest BCUT2D eigenvalue weighted by atomic mass is 32.2. The predicted molar refractivity (Wildman–Crippen MR) is 127 cm³/mol. The molecule has 0 amide bonds. The maximum Gasteiger partial charge on any atom is 0.189 e. The summed E-state index contributed by atoms with van der Waals surface area (Å²) >= 11 is 1.76. The first-order chi connectivity index (χ1) is 15.2. The normalized spacial score (nSPS) is 12.8. The van der Waals surface area contributed by atoms with Crippen molar-refractivity contribution in [1.29, 1.82) is 0 Å². The fourth-order valence-electron chi connectivity index (χ4n) is 3.66. The van der Waals surface area contributed by atoms with Crippen molar-refractivity contribution < 1.29 is 9.90 Å². The third-order valence-electron chi connectivity index (χ3n) is 5.18. The molecule has 4 heteroatoms. The number of carbonyl (C=O) groups is 1. The van der Waals surface area contributed by atoms with E-state index in [9.17, 15) is 9.90 Å². The van der Waals surface area contributed by atoms with Crippen LogP contribution in [0.15, 0.2) is 119 Å². The highest BCUT2D eigenvalue weighted by molar-refractivity contribution is 7.99. The summed E-state index contributed by atoms with van der Waals surface area (Å²) in [4.78, 5) is 17.3. The summed E-state index contributed by atoms with van der Waals surface area (Å²) < 4.78 is 0. The molecule has 0 saturated carbocycles. The van der Waals surface area contributed by atoms with Crippen LogP contribution in [0, 0.1) is 0 Å². The molecule has 5 rings (SSSR count). The standard InChI is InChI=1S/C27H19NO2S/c29-24(19-8-2-1-3-9-19)18-25(30)20-14-16-21(17-15-20)28-22-10-4-6-12-26(22)31-27-13-7-5-11-23(27)28/h1-18,29H. The number of nitrogens with zero attached hydrogens (tertiary/aromatic N) is 1. The number of rotatable bonds is 4. The van der Waals surface area contributed by atoms with Gasteiger partial charge in [0.05, 0.1) is 11.4 Å². The number of ketones is 1. The van der Waals surface area contributed by atoms with Crippen LogP contribution in [0.4, 0.5) is 17.1 Å². The van der Waals surface area contributed by atoms with Gasteiger partial charge in [-0.3, -0.25) is 4.79 Å². The van der Waals surface area contributed by atoms with E-state index in [1.807, 2.05) is 54.6 Å².